The molecule has 12 nitrogen and oxygen atoms in total. The number of amides is 2. The zero-order valence-electron chi connectivity index (χ0n) is 24.3. The second-order valence-corrected chi connectivity index (χ2v) is 10.4. The maximum absolute atomic E-state index is 12.4. The van der Waals surface area contributed by atoms with Gasteiger partial charge in [0.15, 0.2) is 5.65 Å². The fourth-order valence-corrected chi connectivity index (χ4v) is 3.51. The van der Waals surface area contributed by atoms with Crippen LogP contribution in [-0.4, -0.2) is 73.4 Å². The Morgan fingerprint density at radius 3 is 2.67 bits per heavy atom. The molecule has 0 aliphatic carbocycles. The fraction of sp³-hybridized carbons (Fsp3) is 0.500. The molecule has 0 saturated heterocycles. The van der Waals surface area contributed by atoms with Crippen molar-refractivity contribution >= 4 is 40.5 Å². The third-order valence-electron chi connectivity index (χ3n) is 5.80. The first-order chi connectivity index (χ1) is 19.0. The number of rotatable bonds is 10. The number of likely N-dealkylation sites (N-methyl/N-ethyl adjacent to an activating group) is 1. The van der Waals surface area contributed by atoms with Crippen LogP contribution in [0, 0.1) is 11.8 Å². The lowest BCUT2D eigenvalue weighted by Crippen LogP contribution is -2.47. The lowest BCUT2D eigenvalue weighted by molar-refractivity contribution is -0.125. The van der Waals surface area contributed by atoms with Gasteiger partial charge in [-0.25, -0.2) is 14.8 Å². The molecule has 3 rings (SSSR count). The number of carbonyl (C=O) groups is 2. The Labute approximate surface area is 235 Å². The number of unbranched alkanes of at least 4 members (excludes halogenated alkanes) is 1. The van der Waals surface area contributed by atoms with Crippen molar-refractivity contribution in [3.05, 3.63) is 30.2 Å². The van der Waals surface area contributed by atoms with Crippen molar-refractivity contribution in [2.24, 2.45) is 7.05 Å². The summed E-state index contributed by atoms with van der Waals surface area (Å²) in [5.74, 6) is 7.10. The number of nitrogens with zero attached hydrogens (tertiary/aromatic N) is 6. The molecule has 0 unspecified atom stereocenters. The van der Waals surface area contributed by atoms with E-state index < -0.39 is 17.7 Å². The van der Waals surface area contributed by atoms with Crippen LogP contribution < -0.4 is 16.0 Å². The maximum Gasteiger partial charge on any atom is 0.410 e. The standard InChI is InChI=1S/C28H39N9O3/c1-8-13-29-23-20(16-32-26(35-23)34-22-15-21-17-33-37(7)24(21)31-18-22)12-10-9-11-14-30-25(38)19(2)36(6)27(39)40-28(3,4)5/h15-19H,8-9,11,13-14H2,1-7H3,(H,30,38)(H2,29,32,34,35)/t19-/m0/s1. The van der Waals surface area contributed by atoms with Crippen molar-refractivity contribution in [2.75, 3.05) is 30.8 Å². The van der Waals surface area contributed by atoms with Gasteiger partial charge in [-0.3, -0.25) is 14.4 Å². The molecule has 3 N–H and O–H groups in total. The van der Waals surface area contributed by atoms with Gasteiger partial charge in [-0.1, -0.05) is 18.8 Å². The van der Waals surface area contributed by atoms with Crippen molar-refractivity contribution in [2.45, 2.75) is 65.5 Å². The number of nitrogens with one attached hydrogen (secondary N) is 3. The molecule has 0 saturated carbocycles. The molecule has 1 atom stereocenters. The summed E-state index contributed by atoms with van der Waals surface area (Å²) < 4.78 is 7.04. The quantitative estimate of drug-likeness (QED) is 0.254. The number of ether oxygens (including phenoxy) is 1. The second-order valence-electron chi connectivity index (χ2n) is 10.4. The predicted octanol–water partition coefficient (Wildman–Crippen LogP) is 3.83. The first-order valence-corrected chi connectivity index (χ1v) is 13.4. The van der Waals surface area contributed by atoms with Gasteiger partial charge in [0.1, 0.15) is 17.5 Å². The third-order valence-corrected chi connectivity index (χ3v) is 5.80. The summed E-state index contributed by atoms with van der Waals surface area (Å²) in [6.45, 7) is 10.3. The van der Waals surface area contributed by atoms with Crippen molar-refractivity contribution in [3.8, 4) is 11.8 Å². The van der Waals surface area contributed by atoms with Gasteiger partial charge < -0.3 is 20.7 Å². The van der Waals surface area contributed by atoms with Crippen LogP contribution >= 0.6 is 0 Å². The summed E-state index contributed by atoms with van der Waals surface area (Å²) in [5, 5.41) is 14.5. The number of carbonyl (C=O) groups excluding carboxylic acids is 2. The normalized spacial score (nSPS) is 11.8. The summed E-state index contributed by atoms with van der Waals surface area (Å²) in [5.41, 5.74) is 1.62. The molecule has 214 valence electrons. The topological polar surface area (TPSA) is 139 Å². The number of anilines is 3. The van der Waals surface area contributed by atoms with Gasteiger partial charge in [0.25, 0.3) is 0 Å². The molecule has 0 bridgehead atoms. The number of aromatic nitrogens is 5. The number of hydrogen-bond acceptors (Lipinski definition) is 9. The Balaban J connectivity index is 1.54. The number of pyridine rings is 1. The fourth-order valence-electron chi connectivity index (χ4n) is 3.51. The van der Waals surface area contributed by atoms with E-state index in [4.69, 9.17) is 4.74 Å². The lowest BCUT2D eigenvalue weighted by Gasteiger charge is -2.28. The van der Waals surface area contributed by atoms with Crippen LogP contribution in [0.25, 0.3) is 11.0 Å². The molecule has 3 heterocycles. The van der Waals surface area contributed by atoms with E-state index in [0.29, 0.717) is 36.7 Å². The molecule has 40 heavy (non-hydrogen) atoms. The maximum atomic E-state index is 12.4. The monoisotopic (exact) mass is 549 g/mol. The first-order valence-electron chi connectivity index (χ1n) is 13.4. The third kappa shape index (κ3) is 8.56. The van der Waals surface area contributed by atoms with Gasteiger partial charge in [0.2, 0.25) is 11.9 Å². The van der Waals surface area contributed by atoms with Gasteiger partial charge in [0.05, 0.1) is 29.8 Å². The van der Waals surface area contributed by atoms with E-state index in [2.05, 4.69) is 54.8 Å². The van der Waals surface area contributed by atoms with Crippen LogP contribution in [0.2, 0.25) is 0 Å². The van der Waals surface area contributed by atoms with E-state index in [0.717, 1.165) is 29.7 Å². The van der Waals surface area contributed by atoms with Crippen molar-refractivity contribution < 1.29 is 14.3 Å². The Bertz CT molecular complexity index is 1390. The highest BCUT2D eigenvalue weighted by Gasteiger charge is 2.26. The highest BCUT2D eigenvalue weighted by Crippen LogP contribution is 2.20. The molecule has 3 aromatic heterocycles. The van der Waals surface area contributed by atoms with Crippen LogP contribution in [0.15, 0.2) is 24.7 Å². The van der Waals surface area contributed by atoms with Crippen LogP contribution in [-0.2, 0) is 16.6 Å². The highest BCUT2D eigenvalue weighted by molar-refractivity contribution is 5.85. The highest BCUT2D eigenvalue weighted by atomic mass is 16.6. The first kappa shape index (κ1) is 30.1. The lowest BCUT2D eigenvalue weighted by atomic mass is 10.2. The molecule has 0 fully saturated rings. The summed E-state index contributed by atoms with van der Waals surface area (Å²) >= 11 is 0. The summed E-state index contributed by atoms with van der Waals surface area (Å²) in [7, 11) is 3.40. The molecular weight excluding hydrogens is 510 g/mol. The van der Waals surface area contributed by atoms with Crippen LogP contribution in [0.5, 0.6) is 0 Å². The summed E-state index contributed by atoms with van der Waals surface area (Å²) in [4.78, 5) is 39.4. The molecule has 12 heteroatoms. The Hall–Kier alpha value is -4.40. The second kappa shape index (κ2) is 13.6. The smallest absolute Gasteiger partial charge is 0.410 e. The van der Waals surface area contributed by atoms with E-state index >= 15 is 0 Å². The summed E-state index contributed by atoms with van der Waals surface area (Å²) in [6, 6.07) is 1.29. The minimum Gasteiger partial charge on any atom is -0.444 e. The molecule has 3 aromatic rings. The predicted molar refractivity (Wildman–Crippen MR) is 155 cm³/mol. The zero-order chi connectivity index (χ0) is 29.3. The van der Waals surface area contributed by atoms with Gasteiger partial charge in [-0.05, 0) is 46.6 Å². The van der Waals surface area contributed by atoms with Crippen molar-refractivity contribution in [1.82, 2.24) is 34.9 Å². The van der Waals surface area contributed by atoms with E-state index in [9.17, 15) is 9.59 Å². The Kier molecular flexibility index (Phi) is 10.2. The van der Waals surface area contributed by atoms with Gasteiger partial charge in [-0.15, -0.1) is 0 Å². The molecule has 2 amide bonds. The summed E-state index contributed by atoms with van der Waals surface area (Å²) in [6.07, 6.45) is 6.78. The van der Waals surface area contributed by atoms with Gasteiger partial charge in [0, 0.05) is 39.0 Å². The van der Waals surface area contributed by atoms with Gasteiger partial charge >= 0.3 is 6.09 Å². The molecule has 0 aliphatic heterocycles. The molecule has 0 spiro atoms. The van der Waals surface area contributed by atoms with Gasteiger partial charge in [-0.2, -0.15) is 10.1 Å². The van der Waals surface area contributed by atoms with Crippen molar-refractivity contribution in [1.29, 1.82) is 0 Å². The zero-order valence-corrected chi connectivity index (χ0v) is 24.3. The van der Waals surface area contributed by atoms with E-state index in [-0.39, 0.29) is 5.91 Å². The minimum absolute atomic E-state index is 0.248. The van der Waals surface area contributed by atoms with E-state index in [1.807, 2.05) is 13.1 Å². The number of fused-ring (bicyclic) bond motifs is 1. The molecular formula is C28H39N9O3. The van der Waals surface area contributed by atoms with Crippen molar-refractivity contribution in [3.63, 3.8) is 0 Å². The Morgan fingerprint density at radius 2 is 1.95 bits per heavy atom. The number of hydrogen-bond donors (Lipinski definition) is 3. The largest absolute Gasteiger partial charge is 0.444 e. The number of aryl methyl sites for hydroxylation is 1. The minimum atomic E-state index is -0.653. The van der Waals surface area contributed by atoms with Crippen LogP contribution in [0.4, 0.5) is 22.2 Å². The average Bonchev–Trinajstić information content (AvgIpc) is 3.27. The van der Waals surface area contributed by atoms with Crippen LogP contribution in [0.3, 0.4) is 0 Å². The molecule has 0 radical (unpaired) electrons. The Morgan fingerprint density at radius 1 is 1.18 bits per heavy atom. The average molecular weight is 550 g/mol. The van der Waals surface area contributed by atoms with E-state index in [1.165, 1.54) is 4.90 Å². The van der Waals surface area contributed by atoms with Crippen LogP contribution in [0.1, 0.15) is 59.4 Å². The molecule has 0 aromatic carbocycles. The van der Waals surface area contributed by atoms with E-state index in [1.54, 1.807) is 58.0 Å². The molecule has 0 aliphatic rings. The SMILES string of the molecule is CCCNc1nc(Nc2cnc3c(cnn3C)c2)ncc1C#CCCCNC(=O)[C@H](C)N(C)C(=O)OC(C)(C)C.